The van der Waals surface area contributed by atoms with Gasteiger partial charge in [0, 0.05) is 64.4 Å². The van der Waals surface area contributed by atoms with Crippen LogP contribution in [0.5, 0.6) is 0 Å². The first kappa shape index (κ1) is 17.7. The molecule has 0 aliphatic carbocycles. The number of ether oxygens (including phenoxy) is 2. The molecule has 4 rings (SSSR count). The summed E-state index contributed by atoms with van der Waals surface area (Å²) < 4.78 is 11.7. The maximum Gasteiger partial charge on any atom is 0.225 e. The van der Waals surface area contributed by atoms with Gasteiger partial charge >= 0.3 is 0 Å². The lowest BCUT2D eigenvalue weighted by molar-refractivity contribution is -0.143. The molecule has 6 nitrogen and oxygen atoms in total. The lowest BCUT2D eigenvalue weighted by Crippen LogP contribution is -2.51. The fourth-order valence-electron chi connectivity index (χ4n) is 4.93. The van der Waals surface area contributed by atoms with Crippen LogP contribution in [0.4, 0.5) is 0 Å². The number of nitrogens with zero attached hydrogens (tertiary/aromatic N) is 3. The van der Waals surface area contributed by atoms with Crippen LogP contribution in [0.2, 0.25) is 0 Å². The van der Waals surface area contributed by atoms with Crippen LogP contribution in [0.1, 0.15) is 32.1 Å². The second-order valence-corrected chi connectivity index (χ2v) is 8.40. The van der Waals surface area contributed by atoms with Crippen LogP contribution in [0.3, 0.4) is 0 Å². The highest BCUT2D eigenvalue weighted by Gasteiger charge is 2.45. The molecule has 0 bridgehead atoms. The van der Waals surface area contributed by atoms with E-state index in [9.17, 15) is 4.79 Å². The Morgan fingerprint density at radius 3 is 2.36 bits per heavy atom. The van der Waals surface area contributed by atoms with Crippen LogP contribution in [0.25, 0.3) is 0 Å². The van der Waals surface area contributed by atoms with Gasteiger partial charge in [0.1, 0.15) is 0 Å². The average molecular weight is 351 g/mol. The maximum absolute atomic E-state index is 12.7. The Labute approximate surface area is 151 Å². The molecule has 1 unspecified atom stereocenters. The molecule has 4 heterocycles. The van der Waals surface area contributed by atoms with E-state index in [0.717, 1.165) is 91.2 Å². The standard InChI is InChI=1S/C19H33N3O3/c1-20-8-10-21(11-9-20)17-14-19(25-15-17)4-6-22(7-5-19)18(23)16-2-12-24-13-3-16/h16-17H,2-15H2,1H3. The van der Waals surface area contributed by atoms with Crippen molar-refractivity contribution in [2.45, 2.75) is 43.7 Å². The van der Waals surface area contributed by atoms with Gasteiger partial charge in [-0.2, -0.15) is 0 Å². The first-order chi connectivity index (χ1) is 12.2. The summed E-state index contributed by atoms with van der Waals surface area (Å²) in [7, 11) is 2.20. The summed E-state index contributed by atoms with van der Waals surface area (Å²) >= 11 is 0. The van der Waals surface area contributed by atoms with Gasteiger partial charge in [0.25, 0.3) is 0 Å². The summed E-state index contributed by atoms with van der Waals surface area (Å²) in [5.41, 5.74) is 0.0282. The van der Waals surface area contributed by atoms with Gasteiger partial charge in [-0.3, -0.25) is 9.69 Å². The number of likely N-dealkylation sites (tertiary alicyclic amines) is 1. The van der Waals surface area contributed by atoms with E-state index in [-0.39, 0.29) is 11.5 Å². The number of hydrogen-bond donors (Lipinski definition) is 0. The third kappa shape index (κ3) is 3.87. The van der Waals surface area contributed by atoms with Crippen LogP contribution in [-0.2, 0) is 14.3 Å². The molecule has 0 radical (unpaired) electrons. The number of amides is 1. The third-order valence-corrected chi connectivity index (χ3v) is 6.80. The summed E-state index contributed by atoms with van der Waals surface area (Å²) in [4.78, 5) is 19.8. The molecule has 0 saturated carbocycles. The predicted octanol–water partition coefficient (Wildman–Crippen LogP) is 0.811. The minimum atomic E-state index is 0.0282. The fraction of sp³-hybridized carbons (Fsp3) is 0.947. The summed E-state index contributed by atoms with van der Waals surface area (Å²) in [5, 5.41) is 0. The molecular weight excluding hydrogens is 318 g/mol. The van der Waals surface area contributed by atoms with Crippen molar-refractivity contribution in [3.8, 4) is 0 Å². The zero-order valence-corrected chi connectivity index (χ0v) is 15.6. The molecule has 1 spiro atoms. The van der Waals surface area contributed by atoms with Gasteiger partial charge in [-0.1, -0.05) is 0 Å². The fourth-order valence-corrected chi connectivity index (χ4v) is 4.93. The second kappa shape index (κ2) is 7.51. The minimum Gasteiger partial charge on any atom is -0.381 e. The zero-order chi connectivity index (χ0) is 17.3. The van der Waals surface area contributed by atoms with Crippen LogP contribution in [-0.4, -0.2) is 98.4 Å². The molecule has 4 fully saturated rings. The molecule has 142 valence electrons. The Morgan fingerprint density at radius 2 is 1.68 bits per heavy atom. The molecule has 0 N–H and O–H groups in total. The summed E-state index contributed by atoms with van der Waals surface area (Å²) in [6, 6.07) is 0.575. The second-order valence-electron chi connectivity index (χ2n) is 8.40. The average Bonchev–Trinajstić information content (AvgIpc) is 3.07. The van der Waals surface area contributed by atoms with Crippen molar-refractivity contribution in [1.82, 2.24) is 14.7 Å². The highest BCUT2D eigenvalue weighted by Crippen LogP contribution is 2.38. The van der Waals surface area contributed by atoms with Crippen LogP contribution < -0.4 is 0 Å². The topological polar surface area (TPSA) is 45.2 Å². The number of likely N-dealkylation sites (N-methyl/N-ethyl adjacent to an activating group) is 1. The third-order valence-electron chi connectivity index (χ3n) is 6.80. The van der Waals surface area contributed by atoms with Crippen molar-refractivity contribution >= 4 is 5.91 Å². The Balaban J connectivity index is 1.27. The zero-order valence-electron chi connectivity index (χ0n) is 15.6. The Morgan fingerprint density at radius 1 is 1.00 bits per heavy atom. The van der Waals surface area contributed by atoms with Gasteiger partial charge in [0.05, 0.1) is 12.2 Å². The quantitative estimate of drug-likeness (QED) is 0.737. The van der Waals surface area contributed by atoms with Crippen LogP contribution >= 0.6 is 0 Å². The lowest BCUT2D eigenvalue weighted by atomic mass is 9.86. The molecule has 6 heteroatoms. The van der Waals surface area contributed by atoms with Gasteiger partial charge < -0.3 is 19.3 Å². The normalized spacial score (nSPS) is 32.4. The Bertz CT molecular complexity index is 465. The van der Waals surface area contributed by atoms with Gasteiger partial charge in [-0.05, 0) is 39.2 Å². The monoisotopic (exact) mass is 351 g/mol. The predicted molar refractivity (Wildman–Crippen MR) is 95.5 cm³/mol. The molecule has 4 aliphatic heterocycles. The van der Waals surface area contributed by atoms with Crippen molar-refractivity contribution in [3.05, 3.63) is 0 Å². The first-order valence-corrected chi connectivity index (χ1v) is 10.1. The molecule has 0 aromatic rings. The summed E-state index contributed by atoms with van der Waals surface area (Å²) in [6.07, 6.45) is 4.94. The molecule has 4 saturated heterocycles. The van der Waals surface area contributed by atoms with E-state index in [4.69, 9.17) is 9.47 Å². The lowest BCUT2D eigenvalue weighted by Gasteiger charge is -2.41. The molecule has 1 atom stereocenters. The number of carbonyl (C=O) groups excluding carboxylic acids is 1. The number of carbonyl (C=O) groups is 1. The van der Waals surface area contributed by atoms with Crippen LogP contribution in [0, 0.1) is 5.92 Å². The van der Waals surface area contributed by atoms with E-state index < -0.39 is 0 Å². The van der Waals surface area contributed by atoms with E-state index >= 15 is 0 Å². The Hall–Kier alpha value is -0.690. The largest absolute Gasteiger partial charge is 0.381 e. The van der Waals surface area contributed by atoms with Gasteiger partial charge in [0.2, 0.25) is 5.91 Å². The van der Waals surface area contributed by atoms with Gasteiger partial charge in [0.15, 0.2) is 0 Å². The molecular formula is C19H33N3O3. The first-order valence-electron chi connectivity index (χ1n) is 10.1. The van der Waals surface area contributed by atoms with Crippen LogP contribution in [0.15, 0.2) is 0 Å². The number of rotatable bonds is 2. The van der Waals surface area contributed by atoms with E-state index in [1.165, 1.54) is 0 Å². The Kier molecular flexibility index (Phi) is 5.32. The van der Waals surface area contributed by atoms with Crippen molar-refractivity contribution in [1.29, 1.82) is 0 Å². The van der Waals surface area contributed by atoms with Crippen molar-refractivity contribution in [2.75, 3.05) is 66.1 Å². The van der Waals surface area contributed by atoms with E-state index in [0.29, 0.717) is 11.9 Å². The SMILES string of the molecule is CN1CCN(C2COC3(CCN(C(=O)C4CCOCC4)CC3)C2)CC1. The minimum absolute atomic E-state index is 0.0282. The number of hydrogen-bond acceptors (Lipinski definition) is 5. The van der Waals surface area contributed by atoms with E-state index in [2.05, 4.69) is 21.7 Å². The maximum atomic E-state index is 12.7. The summed E-state index contributed by atoms with van der Waals surface area (Å²) in [6.45, 7) is 8.74. The molecule has 1 amide bonds. The molecule has 0 aromatic heterocycles. The highest BCUT2D eigenvalue weighted by atomic mass is 16.5. The highest BCUT2D eigenvalue weighted by molar-refractivity contribution is 5.79. The molecule has 25 heavy (non-hydrogen) atoms. The number of piperidine rings is 1. The van der Waals surface area contributed by atoms with Crippen molar-refractivity contribution < 1.29 is 14.3 Å². The smallest absolute Gasteiger partial charge is 0.225 e. The summed E-state index contributed by atoms with van der Waals surface area (Å²) in [5.74, 6) is 0.539. The van der Waals surface area contributed by atoms with Crippen molar-refractivity contribution in [3.63, 3.8) is 0 Å². The van der Waals surface area contributed by atoms with E-state index in [1.54, 1.807) is 0 Å². The molecule has 0 aromatic carbocycles. The van der Waals surface area contributed by atoms with Gasteiger partial charge in [-0.15, -0.1) is 0 Å². The number of piperazine rings is 1. The van der Waals surface area contributed by atoms with Gasteiger partial charge in [-0.25, -0.2) is 0 Å². The van der Waals surface area contributed by atoms with Crippen molar-refractivity contribution in [2.24, 2.45) is 5.92 Å². The molecule has 4 aliphatic rings. The van der Waals surface area contributed by atoms with E-state index in [1.807, 2.05) is 0 Å².